The third kappa shape index (κ3) is 4.29. The number of likely N-dealkylation sites (N-methyl/N-ethyl adjacent to an activating group) is 1. The molecule has 0 radical (unpaired) electrons. The highest BCUT2D eigenvalue weighted by Crippen LogP contribution is 2.07. The van der Waals surface area contributed by atoms with Gasteiger partial charge in [0.25, 0.3) is 5.56 Å². The van der Waals surface area contributed by atoms with E-state index >= 15 is 0 Å². The smallest absolute Gasteiger partial charge is 0.270 e. The second kappa shape index (κ2) is 6.83. The SMILES string of the molecule is CC(N)COc1cnn(CC2CN(C)CCO2)c(=O)c1. The van der Waals surface area contributed by atoms with Crippen LogP contribution in [-0.2, 0) is 11.3 Å². The molecule has 0 amide bonds. The van der Waals surface area contributed by atoms with Gasteiger partial charge in [-0.2, -0.15) is 5.10 Å². The Balaban J connectivity index is 1.97. The van der Waals surface area contributed by atoms with Crippen LogP contribution < -0.4 is 16.0 Å². The summed E-state index contributed by atoms with van der Waals surface area (Å²) in [6.07, 6.45) is 1.53. The van der Waals surface area contributed by atoms with Gasteiger partial charge >= 0.3 is 0 Å². The number of nitrogens with two attached hydrogens (primary N) is 1. The average Bonchev–Trinajstić information content (AvgIpc) is 2.39. The van der Waals surface area contributed by atoms with Crippen LogP contribution in [0.5, 0.6) is 5.75 Å². The van der Waals surface area contributed by atoms with Crippen LogP contribution in [0, 0.1) is 0 Å². The number of morpholine rings is 1. The van der Waals surface area contributed by atoms with Gasteiger partial charge in [-0.3, -0.25) is 4.79 Å². The quantitative estimate of drug-likeness (QED) is 0.769. The van der Waals surface area contributed by atoms with Gasteiger partial charge in [0.2, 0.25) is 0 Å². The molecule has 112 valence electrons. The highest BCUT2D eigenvalue weighted by molar-refractivity contribution is 5.13. The van der Waals surface area contributed by atoms with E-state index < -0.39 is 0 Å². The second-order valence-electron chi connectivity index (χ2n) is 5.25. The third-order valence-electron chi connectivity index (χ3n) is 3.08. The Hall–Kier alpha value is -1.44. The van der Waals surface area contributed by atoms with Crippen molar-refractivity contribution in [2.45, 2.75) is 25.6 Å². The standard InChI is InChI=1S/C13H22N4O3/c1-10(14)9-20-11-5-13(18)17(15-6-11)8-12-7-16(2)3-4-19-12/h5-6,10,12H,3-4,7-9,14H2,1-2H3. The number of hydrogen-bond donors (Lipinski definition) is 1. The molecule has 1 fully saturated rings. The molecule has 20 heavy (non-hydrogen) atoms. The predicted molar refractivity (Wildman–Crippen MR) is 74.9 cm³/mol. The van der Waals surface area contributed by atoms with Crippen LogP contribution in [0.25, 0.3) is 0 Å². The minimum absolute atomic E-state index is 0.00483. The van der Waals surface area contributed by atoms with E-state index in [1.807, 2.05) is 14.0 Å². The lowest BCUT2D eigenvalue weighted by Crippen LogP contribution is -2.43. The van der Waals surface area contributed by atoms with Crippen molar-refractivity contribution in [1.29, 1.82) is 0 Å². The van der Waals surface area contributed by atoms with Gasteiger partial charge in [0, 0.05) is 25.2 Å². The highest BCUT2D eigenvalue weighted by atomic mass is 16.5. The van der Waals surface area contributed by atoms with Gasteiger partial charge in [0.1, 0.15) is 12.4 Å². The summed E-state index contributed by atoms with van der Waals surface area (Å²) in [5.41, 5.74) is 5.40. The molecular formula is C13H22N4O3. The largest absolute Gasteiger partial charge is 0.490 e. The Labute approximate surface area is 118 Å². The van der Waals surface area contributed by atoms with Gasteiger partial charge in [0.05, 0.1) is 25.5 Å². The van der Waals surface area contributed by atoms with Gasteiger partial charge < -0.3 is 20.1 Å². The minimum Gasteiger partial charge on any atom is -0.490 e. The Bertz CT molecular complexity index is 489. The van der Waals surface area contributed by atoms with Crippen molar-refractivity contribution < 1.29 is 9.47 Å². The maximum Gasteiger partial charge on any atom is 0.270 e. The Morgan fingerprint density at radius 3 is 3.10 bits per heavy atom. The lowest BCUT2D eigenvalue weighted by atomic mass is 10.3. The topological polar surface area (TPSA) is 82.6 Å². The van der Waals surface area contributed by atoms with E-state index in [2.05, 4.69) is 10.00 Å². The first-order valence-electron chi connectivity index (χ1n) is 6.80. The van der Waals surface area contributed by atoms with Crippen molar-refractivity contribution in [3.8, 4) is 5.75 Å². The zero-order valence-electron chi connectivity index (χ0n) is 12.0. The maximum atomic E-state index is 12.0. The van der Waals surface area contributed by atoms with Crippen molar-refractivity contribution in [2.24, 2.45) is 5.73 Å². The average molecular weight is 282 g/mol. The van der Waals surface area contributed by atoms with E-state index in [0.29, 0.717) is 25.5 Å². The molecule has 7 nitrogen and oxygen atoms in total. The molecule has 0 bridgehead atoms. The Kier molecular flexibility index (Phi) is 5.11. The summed E-state index contributed by atoms with van der Waals surface area (Å²) >= 11 is 0. The van der Waals surface area contributed by atoms with Crippen molar-refractivity contribution in [1.82, 2.24) is 14.7 Å². The van der Waals surface area contributed by atoms with Gasteiger partial charge in [-0.05, 0) is 14.0 Å². The molecule has 2 heterocycles. The highest BCUT2D eigenvalue weighted by Gasteiger charge is 2.19. The van der Waals surface area contributed by atoms with Crippen molar-refractivity contribution in [2.75, 3.05) is 33.4 Å². The number of nitrogens with zero attached hydrogens (tertiary/aromatic N) is 3. The molecule has 1 aromatic rings. The van der Waals surface area contributed by atoms with E-state index in [1.165, 1.54) is 16.9 Å². The van der Waals surface area contributed by atoms with Crippen LogP contribution in [0.3, 0.4) is 0 Å². The Morgan fingerprint density at radius 1 is 1.65 bits per heavy atom. The minimum atomic E-state index is -0.191. The molecule has 1 aliphatic heterocycles. The first kappa shape index (κ1) is 15.0. The van der Waals surface area contributed by atoms with E-state index in [1.54, 1.807) is 0 Å². The van der Waals surface area contributed by atoms with Crippen LogP contribution in [0.15, 0.2) is 17.1 Å². The van der Waals surface area contributed by atoms with Crippen molar-refractivity contribution in [3.63, 3.8) is 0 Å². The molecule has 7 heteroatoms. The van der Waals surface area contributed by atoms with E-state index in [-0.39, 0.29) is 17.7 Å². The summed E-state index contributed by atoms with van der Waals surface area (Å²) in [5, 5.41) is 4.12. The Morgan fingerprint density at radius 2 is 2.45 bits per heavy atom. The molecular weight excluding hydrogens is 260 g/mol. The fourth-order valence-electron chi connectivity index (χ4n) is 2.03. The predicted octanol–water partition coefficient (Wildman–Crippen LogP) is -0.700. The molecule has 0 saturated carbocycles. The van der Waals surface area contributed by atoms with Crippen LogP contribution >= 0.6 is 0 Å². The zero-order chi connectivity index (χ0) is 14.5. The van der Waals surface area contributed by atoms with Crippen molar-refractivity contribution in [3.05, 3.63) is 22.6 Å². The van der Waals surface area contributed by atoms with Gasteiger partial charge in [-0.15, -0.1) is 0 Å². The second-order valence-corrected chi connectivity index (χ2v) is 5.25. The summed E-state index contributed by atoms with van der Waals surface area (Å²) < 4.78 is 12.4. The molecule has 1 saturated heterocycles. The number of ether oxygens (including phenoxy) is 2. The van der Waals surface area contributed by atoms with Crippen LogP contribution in [0.2, 0.25) is 0 Å². The normalized spacial score (nSPS) is 21.6. The molecule has 2 unspecified atom stereocenters. The molecule has 2 N–H and O–H groups in total. The van der Waals surface area contributed by atoms with Crippen LogP contribution in [0.1, 0.15) is 6.92 Å². The molecule has 1 aromatic heterocycles. The zero-order valence-corrected chi connectivity index (χ0v) is 12.0. The summed E-state index contributed by atoms with van der Waals surface area (Å²) in [7, 11) is 2.04. The van der Waals surface area contributed by atoms with Gasteiger partial charge in [0.15, 0.2) is 0 Å². The monoisotopic (exact) mass is 282 g/mol. The summed E-state index contributed by atoms with van der Waals surface area (Å²) in [5.74, 6) is 0.449. The lowest BCUT2D eigenvalue weighted by Gasteiger charge is -2.29. The van der Waals surface area contributed by atoms with Crippen LogP contribution in [-0.4, -0.2) is 60.2 Å². The number of rotatable bonds is 5. The van der Waals surface area contributed by atoms with E-state index in [9.17, 15) is 4.79 Å². The summed E-state index contributed by atoms with van der Waals surface area (Å²) in [6, 6.07) is 1.35. The van der Waals surface area contributed by atoms with Crippen molar-refractivity contribution >= 4 is 0 Å². The molecule has 1 aliphatic rings. The fourth-order valence-corrected chi connectivity index (χ4v) is 2.03. The molecule has 0 aliphatic carbocycles. The van der Waals surface area contributed by atoms with E-state index in [4.69, 9.17) is 15.2 Å². The first-order chi connectivity index (χ1) is 9.54. The number of aromatic nitrogens is 2. The summed E-state index contributed by atoms with van der Waals surface area (Å²) in [4.78, 5) is 14.1. The number of hydrogen-bond acceptors (Lipinski definition) is 6. The van der Waals surface area contributed by atoms with Gasteiger partial charge in [-0.1, -0.05) is 0 Å². The molecule has 2 atom stereocenters. The molecule has 0 spiro atoms. The van der Waals surface area contributed by atoms with Gasteiger partial charge in [-0.25, -0.2) is 4.68 Å². The lowest BCUT2D eigenvalue weighted by molar-refractivity contribution is -0.0297. The van der Waals surface area contributed by atoms with E-state index in [0.717, 1.165) is 13.1 Å². The molecule has 0 aromatic carbocycles. The maximum absolute atomic E-state index is 12.0. The van der Waals surface area contributed by atoms with Crippen LogP contribution in [0.4, 0.5) is 0 Å². The molecule has 2 rings (SSSR count). The fraction of sp³-hybridized carbons (Fsp3) is 0.692. The summed E-state index contributed by atoms with van der Waals surface area (Å²) in [6.45, 7) is 5.06. The third-order valence-corrected chi connectivity index (χ3v) is 3.08. The first-order valence-corrected chi connectivity index (χ1v) is 6.80.